The summed E-state index contributed by atoms with van der Waals surface area (Å²) in [5, 5.41) is 0. The van der Waals surface area contributed by atoms with Gasteiger partial charge >= 0.3 is 6.85 Å². The van der Waals surface area contributed by atoms with Crippen molar-refractivity contribution in [1.82, 2.24) is 0 Å². The Balaban J connectivity index is 1.86. The highest BCUT2D eigenvalue weighted by Crippen LogP contribution is 2.40. The molecule has 1 heterocycles. The maximum Gasteiger partial charge on any atom is 0.328 e. The molecule has 0 N–H and O–H groups in total. The van der Waals surface area contributed by atoms with E-state index in [0.29, 0.717) is 0 Å². The van der Waals surface area contributed by atoms with E-state index in [4.69, 9.17) is 0 Å². The molecule has 0 saturated carbocycles. The number of aryl methyl sites for hydroxylation is 1. The topological polar surface area (TPSA) is 3.24 Å². The van der Waals surface area contributed by atoms with E-state index in [2.05, 4.69) is 115 Å². The molecular weight excluding hydrogens is 325 g/mol. The van der Waals surface area contributed by atoms with E-state index >= 15 is 0 Å². The van der Waals surface area contributed by atoms with Gasteiger partial charge in [-0.3, -0.25) is 0 Å². The van der Waals surface area contributed by atoms with Gasteiger partial charge in [0, 0.05) is 16.9 Å². The molecule has 0 atom stereocenters. The molecule has 1 aliphatic heterocycles. The van der Waals surface area contributed by atoms with Crippen LogP contribution in [-0.4, -0.2) is 6.85 Å². The molecule has 128 valence electrons. The fraction of sp³-hybridized carbons (Fsp3) is 0.0400. The van der Waals surface area contributed by atoms with Crippen molar-refractivity contribution < 1.29 is 0 Å². The van der Waals surface area contributed by atoms with Crippen LogP contribution in [0.4, 0.5) is 11.4 Å². The molecule has 4 aromatic carbocycles. The quantitative estimate of drug-likeness (QED) is 0.466. The highest BCUT2D eigenvalue weighted by atomic mass is 15.1. The van der Waals surface area contributed by atoms with Crippen LogP contribution >= 0.6 is 0 Å². The molecular formula is C25H20BN. The summed E-state index contributed by atoms with van der Waals surface area (Å²) in [5.74, 6) is 0. The summed E-state index contributed by atoms with van der Waals surface area (Å²) in [6.07, 6.45) is 0. The summed E-state index contributed by atoms with van der Waals surface area (Å²) < 4.78 is 0. The molecule has 0 unspecified atom stereocenters. The van der Waals surface area contributed by atoms with Gasteiger partial charge in [0.2, 0.25) is 0 Å². The summed E-state index contributed by atoms with van der Waals surface area (Å²) in [6, 6.07) is 37.0. The first-order chi connectivity index (χ1) is 13.3. The zero-order valence-corrected chi connectivity index (χ0v) is 15.3. The average molecular weight is 345 g/mol. The third-order valence-electron chi connectivity index (χ3n) is 5.44. The first-order valence-electron chi connectivity index (χ1n) is 9.43. The second kappa shape index (κ2) is 6.48. The monoisotopic (exact) mass is 345 g/mol. The molecule has 4 aromatic rings. The number of anilines is 2. The molecule has 2 heteroatoms. The first kappa shape index (κ1) is 16.0. The van der Waals surface area contributed by atoms with Gasteiger partial charge in [-0.1, -0.05) is 90.4 Å². The minimum absolute atomic E-state index is 0.151. The van der Waals surface area contributed by atoms with Crippen LogP contribution in [-0.2, 0) is 0 Å². The van der Waals surface area contributed by atoms with Crippen molar-refractivity contribution in [1.29, 1.82) is 0 Å². The maximum atomic E-state index is 2.48. The van der Waals surface area contributed by atoms with Crippen LogP contribution in [0.25, 0.3) is 11.1 Å². The van der Waals surface area contributed by atoms with E-state index in [1.165, 1.54) is 39.0 Å². The fourth-order valence-corrected chi connectivity index (χ4v) is 4.30. The van der Waals surface area contributed by atoms with Crippen LogP contribution in [0.3, 0.4) is 0 Å². The Bertz CT molecular complexity index is 1090. The Morgan fingerprint density at radius 1 is 0.630 bits per heavy atom. The molecule has 1 aliphatic rings. The van der Waals surface area contributed by atoms with E-state index in [0.717, 1.165) is 0 Å². The maximum absolute atomic E-state index is 2.48. The van der Waals surface area contributed by atoms with Gasteiger partial charge in [-0.05, 0) is 41.7 Å². The third-order valence-corrected chi connectivity index (χ3v) is 5.44. The molecule has 0 bridgehead atoms. The highest BCUT2D eigenvalue weighted by molar-refractivity contribution is 6.90. The third kappa shape index (κ3) is 2.57. The molecule has 0 fully saturated rings. The van der Waals surface area contributed by atoms with Crippen molar-refractivity contribution in [2.24, 2.45) is 0 Å². The lowest BCUT2D eigenvalue weighted by atomic mass is 9.45. The number of hydrogen-bond donors (Lipinski definition) is 0. The van der Waals surface area contributed by atoms with Crippen molar-refractivity contribution in [2.45, 2.75) is 6.92 Å². The van der Waals surface area contributed by atoms with Crippen LogP contribution in [0.15, 0.2) is 103 Å². The van der Waals surface area contributed by atoms with E-state index in [9.17, 15) is 0 Å². The van der Waals surface area contributed by atoms with E-state index < -0.39 is 0 Å². The molecule has 0 spiro atoms. The number of para-hydroxylation sites is 2. The molecule has 0 saturated heterocycles. The van der Waals surface area contributed by atoms with E-state index in [-0.39, 0.29) is 6.85 Å². The van der Waals surface area contributed by atoms with Crippen LogP contribution in [0.5, 0.6) is 0 Å². The van der Waals surface area contributed by atoms with Gasteiger partial charge in [-0.25, -0.2) is 0 Å². The van der Waals surface area contributed by atoms with Gasteiger partial charge in [0.1, 0.15) is 0 Å². The number of benzene rings is 4. The number of rotatable bonds is 2. The first-order valence-corrected chi connectivity index (χ1v) is 9.43. The average Bonchev–Trinajstić information content (AvgIpc) is 2.74. The lowest BCUT2D eigenvalue weighted by Gasteiger charge is -2.39. The number of nitrogens with zero attached hydrogens (tertiary/aromatic N) is 1. The normalized spacial score (nSPS) is 12.5. The molecule has 5 rings (SSSR count). The van der Waals surface area contributed by atoms with Crippen LogP contribution < -0.4 is 15.7 Å². The Kier molecular flexibility index (Phi) is 3.83. The Hall–Kier alpha value is -3.26. The summed E-state index contributed by atoms with van der Waals surface area (Å²) in [6.45, 7) is 2.37. The molecule has 27 heavy (non-hydrogen) atoms. The summed E-state index contributed by atoms with van der Waals surface area (Å²) in [7, 11) is 0. The molecule has 0 radical (unpaired) electrons. The highest BCUT2D eigenvalue weighted by Gasteiger charge is 2.37. The van der Waals surface area contributed by atoms with Crippen LogP contribution in [0.1, 0.15) is 5.56 Å². The van der Waals surface area contributed by atoms with Gasteiger partial charge in [-0.2, -0.15) is 0 Å². The summed E-state index contributed by atoms with van der Waals surface area (Å²) in [4.78, 5) is 2.48. The standard InChI is InChI=1S/C25H20BN/c1-19-11-10-17-23-25(19)22-16-8-9-18-24(22)27(21-14-6-3-7-15-21)26(23)20-12-4-2-5-13-20/h2-18H,1H3. The van der Waals surface area contributed by atoms with Gasteiger partial charge in [0.25, 0.3) is 0 Å². The largest absolute Gasteiger partial charge is 0.376 e. The van der Waals surface area contributed by atoms with Gasteiger partial charge in [0.05, 0.1) is 0 Å². The smallest absolute Gasteiger partial charge is 0.328 e. The molecule has 0 aliphatic carbocycles. The predicted molar refractivity (Wildman–Crippen MR) is 117 cm³/mol. The summed E-state index contributed by atoms with van der Waals surface area (Å²) >= 11 is 0. The molecule has 0 aromatic heterocycles. The second-order valence-electron chi connectivity index (χ2n) is 7.08. The molecule has 0 amide bonds. The Labute approximate surface area is 161 Å². The van der Waals surface area contributed by atoms with E-state index in [1.807, 2.05) is 0 Å². The number of hydrogen-bond acceptors (Lipinski definition) is 1. The van der Waals surface area contributed by atoms with Crippen molar-refractivity contribution in [3.63, 3.8) is 0 Å². The van der Waals surface area contributed by atoms with Crippen LogP contribution in [0, 0.1) is 6.92 Å². The van der Waals surface area contributed by atoms with Crippen molar-refractivity contribution in [3.8, 4) is 11.1 Å². The Morgan fingerprint density at radius 3 is 2.07 bits per heavy atom. The SMILES string of the molecule is Cc1cccc2c1-c1ccccc1N(c1ccccc1)B2c1ccccc1. The number of fused-ring (bicyclic) bond motifs is 3. The lowest BCUT2D eigenvalue weighted by Crippen LogP contribution is -2.57. The van der Waals surface area contributed by atoms with Crippen LogP contribution in [0.2, 0.25) is 0 Å². The van der Waals surface area contributed by atoms with Gasteiger partial charge in [0.15, 0.2) is 0 Å². The second-order valence-corrected chi connectivity index (χ2v) is 7.08. The van der Waals surface area contributed by atoms with Crippen molar-refractivity contribution >= 4 is 29.1 Å². The lowest BCUT2D eigenvalue weighted by molar-refractivity contribution is 1.35. The zero-order chi connectivity index (χ0) is 18.2. The van der Waals surface area contributed by atoms with Gasteiger partial charge in [-0.15, -0.1) is 0 Å². The predicted octanol–water partition coefficient (Wildman–Crippen LogP) is 4.92. The van der Waals surface area contributed by atoms with Gasteiger partial charge < -0.3 is 4.81 Å². The van der Waals surface area contributed by atoms with Crippen molar-refractivity contribution in [2.75, 3.05) is 4.81 Å². The minimum atomic E-state index is 0.151. The minimum Gasteiger partial charge on any atom is -0.376 e. The van der Waals surface area contributed by atoms with E-state index in [1.54, 1.807) is 0 Å². The van der Waals surface area contributed by atoms with Crippen molar-refractivity contribution in [3.05, 3.63) is 109 Å². The summed E-state index contributed by atoms with van der Waals surface area (Å²) in [5.41, 5.74) is 9.15. The Morgan fingerprint density at radius 2 is 1.30 bits per heavy atom. The fourth-order valence-electron chi connectivity index (χ4n) is 4.30. The zero-order valence-electron chi connectivity index (χ0n) is 15.3. The molecule has 1 nitrogen and oxygen atoms in total.